The van der Waals surface area contributed by atoms with Gasteiger partial charge in [-0.2, -0.15) is 10.3 Å². The normalized spacial score (nSPS) is 25.0. The zero-order valence-corrected chi connectivity index (χ0v) is 11.2. The summed E-state index contributed by atoms with van der Waals surface area (Å²) in [7, 11) is 0. The van der Waals surface area contributed by atoms with Crippen molar-refractivity contribution in [2.24, 2.45) is 10.9 Å². The lowest BCUT2D eigenvalue weighted by atomic mass is 9.81. The molecule has 2 aliphatic rings. The largest absolute Gasteiger partial charge is 0.310 e. The molecular formula is C14H13N3OS. The van der Waals surface area contributed by atoms with Gasteiger partial charge in [-0.15, -0.1) is 0 Å². The fourth-order valence-electron chi connectivity index (χ4n) is 2.57. The van der Waals surface area contributed by atoms with Gasteiger partial charge in [-0.25, -0.2) is 0 Å². The highest BCUT2D eigenvalue weighted by Gasteiger charge is 2.33. The van der Waals surface area contributed by atoms with E-state index in [1.54, 1.807) is 4.57 Å². The summed E-state index contributed by atoms with van der Waals surface area (Å²) in [6.45, 7) is 0. The molecule has 0 spiro atoms. The van der Waals surface area contributed by atoms with E-state index in [0.29, 0.717) is 11.6 Å². The van der Waals surface area contributed by atoms with Crippen LogP contribution in [0.4, 0.5) is 5.69 Å². The van der Waals surface area contributed by atoms with Gasteiger partial charge in [0.25, 0.3) is 5.56 Å². The van der Waals surface area contributed by atoms with Crippen molar-refractivity contribution in [3.05, 3.63) is 28.2 Å². The van der Waals surface area contributed by atoms with E-state index in [4.69, 9.17) is 5.26 Å². The van der Waals surface area contributed by atoms with Crippen molar-refractivity contribution in [3.63, 3.8) is 0 Å². The number of aromatic nitrogens is 1. The number of hydrogen-bond donors (Lipinski definition) is 0. The predicted molar refractivity (Wildman–Crippen MR) is 74.7 cm³/mol. The van der Waals surface area contributed by atoms with Crippen LogP contribution in [0.15, 0.2) is 22.1 Å². The van der Waals surface area contributed by atoms with Crippen LogP contribution >= 0.6 is 12.2 Å². The zero-order chi connectivity index (χ0) is 13.4. The van der Waals surface area contributed by atoms with Crippen molar-refractivity contribution in [2.75, 3.05) is 0 Å². The topological polar surface area (TPSA) is 58.1 Å². The molecular weight excluding hydrogens is 258 g/mol. The van der Waals surface area contributed by atoms with Gasteiger partial charge in [0.2, 0.25) is 0 Å². The van der Waals surface area contributed by atoms with E-state index in [9.17, 15) is 4.79 Å². The van der Waals surface area contributed by atoms with Crippen LogP contribution in [0.2, 0.25) is 0 Å². The van der Waals surface area contributed by atoms with E-state index in [0.717, 1.165) is 18.4 Å². The maximum absolute atomic E-state index is 12.3. The summed E-state index contributed by atoms with van der Waals surface area (Å²) >= 11 is 4.60. The molecule has 0 aliphatic heterocycles. The molecule has 96 valence electrons. The number of nitriles is 1. The van der Waals surface area contributed by atoms with Gasteiger partial charge in [0, 0.05) is 12.2 Å². The highest BCUT2D eigenvalue weighted by molar-refractivity contribution is 7.78. The van der Waals surface area contributed by atoms with Crippen molar-refractivity contribution in [1.82, 2.24) is 4.57 Å². The summed E-state index contributed by atoms with van der Waals surface area (Å²) in [5, 5.41) is 11.1. The average Bonchev–Trinajstić information content (AvgIpc) is 3.16. The highest BCUT2D eigenvalue weighted by atomic mass is 32.1. The highest BCUT2D eigenvalue weighted by Crippen LogP contribution is 2.42. The minimum absolute atomic E-state index is 0.0824. The SMILES string of the molecule is N#C[C@H]1C[C@H](n2cc(C3CC3)cc(N=C=S)c2=O)C1. The van der Waals surface area contributed by atoms with Crippen LogP contribution < -0.4 is 5.56 Å². The van der Waals surface area contributed by atoms with Gasteiger partial charge < -0.3 is 4.57 Å². The summed E-state index contributed by atoms with van der Waals surface area (Å²) in [5.41, 5.74) is 1.41. The molecule has 0 atom stereocenters. The molecule has 2 aliphatic carbocycles. The molecule has 19 heavy (non-hydrogen) atoms. The van der Waals surface area contributed by atoms with Crippen LogP contribution in [-0.2, 0) is 0 Å². The van der Waals surface area contributed by atoms with Gasteiger partial charge in [-0.05, 0) is 55.4 Å². The summed E-state index contributed by atoms with van der Waals surface area (Å²) in [4.78, 5) is 16.2. The standard InChI is InChI=1S/C14H13N3OS/c15-6-9-3-12(4-9)17-7-11(10-1-2-10)5-13(14(17)18)16-8-19/h5,7,9-10,12H,1-4H2/t9-,12-. The molecule has 0 radical (unpaired) electrons. The fourth-order valence-corrected chi connectivity index (χ4v) is 2.67. The summed E-state index contributed by atoms with van der Waals surface area (Å²) in [6, 6.07) is 4.21. The minimum Gasteiger partial charge on any atom is -0.310 e. The Morgan fingerprint density at radius 3 is 2.74 bits per heavy atom. The van der Waals surface area contributed by atoms with E-state index >= 15 is 0 Å². The first-order chi connectivity index (χ1) is 9.22. The first-order valence-corrected chi connectivity index (χ1v) is 6.87. The Labute approximate surface area is 116 Å². The molecule has 0 unspecified atom stereocenters. The molecule has 1 aromatic rings. The molecule has 5 heteroatoms. The summed E-state index contributed by atoms with van der Waals surface area (Å²) in [5.74, 6) is 0.636. The quantitative estimate of drug-likeness (QED) is 0.627. The summed E-state index contributed by atoms with van der Waals surface area (Å²) < 4.78 is 1.74. The number of nitrogens with zero attached hydrogens (tertiary/aromatic N) is 3. The molecule has 0 aromatic carbocycles. The van der Waals surface area contributed by atoms with Crippen molar-refractivity contribution < 1.29 is 0 Å². The Bertz CT molecular complexity index is 656. The Morgan fingerprint density at radius 1 is 1.42 bits per heavy atom. The van der Waals surface area contributed by atoms with Crippen LogP contribution in [0.3, 0.4) is 0 Å². The van der Waals surface area contributed by atoms with Gasteiger partial charge in [0.1, 0.15) is 5.69 Å². The van der Waals surface area contributed by atoms with Crippen LogP contribution in [0, 0.1) is 17.2 Å². The number of aliphatic imine (C=N–C) groups is 1. The number of pyridine rings is 1. The molecule has 3 rings (SSSR count). The van der Waals surface area contributed by atoms with Gasteiger partial charge in [0.15, 0.2) is 0 Å². The van der Waals surface area contributed by atoms with E-state index in [-0.39, 0.29) is 17.5 Å². The van der Waals surface area contributed by atoms with Gasteiger partial charge in [0.05, 0.1) is 17.1 Å². The van der Waals surface area contributed by atoms with Crippen molar-refractivity contribution in [3.8, 4) is 6.07 Å². The zero-order valence-electron chi connectivity index (χ0n) is 10.4. The Kier molecular flexibility index (Phi) is 3.06. The average molecular weight is 271 g/mol. The smallest absolute Gasteiger partial charge is 0.277 e. The van der Waals surface area contributed by atoms with Crippen molar-refractivity contribution in [1.29, 1.82) is 5.26 Å². The lowest BCUT2D eigenvalue weighted by Gasteiger charge is -2.32. The molecule has 0 N–H and O–H groups in total. The third kappa shape index (κ3) is 2.25. The number of rotatable bonds is 3. The Balaban J connectivity index is 2.00. The van der Waals surface area contributed by atoms with Crippen molar-refractivity contribution >= 4 is 23.1 Å². The molecule has 1 aromatic heterocycles. The van der Waals surface area contributed by atoms with E-state index in [1.807, 2.05) is 12.3 Å². The molecule has 2 saturated carbocycles. The van der Waals surface area contributed by atoms with Crippen molar-refractivity contribution in [2.45, 2.75) is 37.6 Å². The van der Waals surface area contributed by atoms with Crippen LogP contribution in [0.1, 0.15) is 43.2 Å². The second-order valence-corrected chi connectivity index (χ2v) is 5.48. The Morgan fingerprint density at radius 2 is 2.16 bits per heavy atom. The molecule has 0 bridgehead atoms. The van der Waals surface area contributed by atoms with E-state index in [1.165, 1.54) is 12.8 Å². The van der Waals surface area contributed by atoms with Crippen LogP contribution in [-0.4, -0.2) is 9.73 Å². The molecule has 1 heterocycles. The van der Waals surface area contributed by atoms with Crippen LogP contribution in [0.25, 0.3) is 0 Å². The molecule has 2 fully saturated rings. The molecule has 0 saturated heterocycles. The molecule has 4 nitrogen and oxygen atoms in total. The maximum Gasteiger partial charge on any atom is 0.277 e. The number of thiocarbonyl (C=S) groups is 1. The second kappa shape index (κ2) is 4.73. The number of hydrogen-bond acceptors (Lipinski definition) is 4. The van der Waals surface area contributed by atoms with Crippen LogP contribution in [0.5, 0.6) is 0 Å². The fraction of sp³-hybridized carbons (Fsp3) is 0.500. The molecule has 0 amide bonds. The Hall–Kier alpha value is -1.76. The first kappa shape index (κ1) is 12.3. The third-order valence-electron chi connectivity index (χ3n) is 3.95. The van der Waals surface area contributed by atoms with Gasteiger partial charge >= 0.3 is 0 Å². The maximum atomic E-state index is 12.3. The third-order valence-corrected chi connectivity index (χ3v) is 4.04. The lowest BCUT2D eigenvalue weighted by molar-refractivity contribution is 0.242. The predicted octanol–water partition coefficient (Wildman–Crippen LogP) is 2.93. The summed E-state index contributed by atoms with van der Waals surface area (Å²) in [6.07, 6.45) is 5.80. The van der Waals surface area contributed by atoms with E-state index in [2.05, 4.69) is 28.4 Å². The first-order valence-electron chi connectivity index (χ1n) is 6.46. The minimum atomic E-state index is -0.122. The van der Waals surface area contributed by atoms with Gasteiger partial charge in [-0.1, -0.05) is 0 Å². The lowest BCUT2D eigenvalue weighted by Crippen LogP contribution is -2.33. The second-order valence-electron chi connectivity index (χ2n) is 5.30. The monoisotopic (exact) mass is 271 g/mol. The van der Waals surface area contributed by atoms with Gasteiger partial charge in [-0.3, -0.25) is 4.79 Å². The van der Waals surface area contributed by atoms with E-state index < -0.39 is 0 Å². The number of isothiocyanates is 1.